The Morgan fingerprint density at radius 1 is 1.23 bits per heavy atom. The van der Waals surface area contributed by atoms with Crippen molar-refractivity contribution >= 4 is 38.9 Å². The summed E-state index contributed by atoms with van der Waals surface area (Å²) >= 11 is 5.93. The van der Waals surface area contributed by atoms with Crippen LogP contribution in [0, 0.1) is 11.3 Å². The van der Waals surface area contributed by atoms with Crippen molar-refractivity contribution in [1.29, 1.82) is 5.26 Å². The fourth-order valence-electron chi connectivity index (χ4n) is 3.25. The molecule has 1 N–H and O–H groups in total. The van der Waals surface area contributed by atoms with E-state index in [4.69, 9.17) is 16.3 Å². The Morgan fingerprint density at radius 2 is 1.90 bits per heavy atom. The highest BCUT2D eigenvalue weighted by atomic mass is 35.5. The number of ether oxygens (including phenoxy) is 1. The third-order valence-electron chi connectivity index (χ3n) is 4.88. The van der Waals surface area contributed by atoms with Gasteiger partial charge in [0.1, 0.15) is 11.0 Å². The molecular weight excluding hydrogens is 440 g/mol. The van der Waals surface area contributed by atoms with Crippen LogP contribution >= 0.6 is 11.6 Å². The number of carbonyl (C=O) groups is 1. The summed E-state index contributed by atoms with van der Waals surface area (Å²) in [5.74, 6) is -0.481. The van der Waals surface area contributed by atoms with Crippen molar-refractivity contribution in [3.63, 3.8) is 0 Å². The summed E-state index contributed by atoms with van der Waals surface area (Å²) in [4.78, 5) is 14.5. The molecule has 0 bridgehead atoms. The molecule has 8 nitrogen and oxygen atoms in total. The van der Waals surface area contributed by atoms with E-state index in [1.54, 1.807) is 19.1 Å². The van der Waals surface area contributed by atoms with Gasteiger partial charge in [0.05, 0.1) is 25.3 Å². The van der Waals surface area contributed by atoms with Crippen molar-refractivity contribution in [3.05, 3.63) is 53.1 Å². The predicted molar refractivity (Wildman–Crippen MR) is 119 cm³/mol. The van der Waals surface area contributed by atoms with E-state index in [1.165, 1.54) is 18.2 Å². The number of amides is 1. The van der Waals surface area contributed by atoms with E-state index in [-0.39, 0.29) is 28.6 Å². The molecule has 0 unspecified atom stereocenters. The van der Waals surface area contributed by atoms with Gasteiger partial charge in [-0.05, 0) is 42.5 Å². The van der Waals surface area contributed by atoms with Crippen LogP contribution in [0.15, 0.2) is 47.4 Å². The number of hydrogen-bond acceptors (Lipinski definition) is 6. The number of morpholine rings is 1. The number of likely N-dealkylation sites (N-methyl/N-ethyl adjacent to an activating group) is 1. The van der Waals surface area contributed by atoms with Gasteiger partial charge in [-0.25, -0.2) is 8.42 Å². The molecule has 0 aliphatic carbocycles. The Labute approximate surface area is 187 Å². The standard InChI is InChI=1S/C21H23ClN4O4S/c1-2-26(31(28,29)20-13-17(22)4-3-16(20)14-23)15-21(27)24-18-5-7-19(8-6-18)25-9-11-30-12-10-25/h3-8,13H,2,9-12,15H2,1H3,(H,24,27). The summed E-state index contributed by atoms with van der Waals surface area (Å²) in [6, 6.07) is 13.2. The molecule has 31 heavy (non-hydrogen) atoms. The average Bonchev–Trinajstić information content (AvgIpc) is 2.78. The summed E-state index contributed by atoms with van der Waals surface area (Å²) in [5, 5.41) is 12.2. The maximum absolute atomic E-state index is 13.0. The number of benzene rings is 2. The van der Waals surface area contributed by atoms with Crippen LogP contribution in [0.2, 0.25) is 5.02 Å². The van der Waals surface area contributed by atoms with Gasteiger partial charge in [-0.1, -0.05) is 18.5 Å². The minimum absolute atomic E-state index is 0.0260. The lowest BCUT2D eigenvalue weighted by Gasteiger charge is -2.29. The zero-order valence-electron chi connectivity index (χ0n) is 17.0. The predicted octanol–water partition coefficient (Wildman–Crippen LogP) is 2.70. The zero-order valence-corrected chi connectivity index (χ0v) is 18.6. The molecular formula is C21H23ClN4O4S. The topological polar surface area (TPSA) is 103 Å². The van der Waals surface area contributed by atoms with Gasteiger partial charge >= 0.3 is 0 Å². The highest BCUT2D eigenvalue weighted by Gasteiger charge is 2.28. The first-order chi connectivity index (χ1) is 14.8. The van der Waals surface area contributed by atoms with Gasteiger partial charge in [0.15, 0.2) is 0 Å². The van der Waals surface area contributed by atoms with Crippen LogP contribution in [0.3, 0.4) is 0 Å². The maximum Gasteiger partial charge on any atom is 0.244 e. The van der Waals surface area contributed by atoms with Crippen LogP contribution < -0.4 is 10.2 Å². The molecule has 0 aromatic heterocycles. The largest absolute Gasteiger partial charge is 0.378 e. The van der Waals surface area contributed by atoms with E-state index >= 15 is 0 Å². The fourth-order valence-corrected chi connectivity index (χ4v) is 5.06. The van der Waals surface area contributed by atoms with Gasteiger partial charge in [-0.2, -0.15) is 9.57 Å². The third-order valence-corrected chi connectivity index (χ3v) is 7.08. The summed E-state index contributed by atoms with van der Waals surface area (Å²) < 4.78 is 32.4. The molecule has 0 atom stereocenters. The molecule has 1 fully saturated rings. The van der Waals surface area contributed by atoms with Crippen molar-refractivity contribution in [2.24, 2.45) is 0 Å². The SMILES string of the molecule is CCN(CC(=O)Nc1ccc(N2CCOCC2)cc1)S(=O)(=O)c1cc(Cl)ccc1C#N. The average molecular weight is 463 g/mol. The summed E-state index contributed by atoms with van der Waals surface area (Å²) in [6.45, 7) is 4.27. The number of hydrogen-bond donors (Lipinski definition) is 1. The molecule has 2 aromatic carbocycles. The van der Waals surface area contributed by atoms with Gasteiger partial charge in [-0.15, -0.1) is 0 Å². The second-order valence-corrected chi connectivity index (χ2v) is 9.22. The van der Waals surface area contributed by atoms with E-state index in [0.29, 0.717) is 18.9 Å². The summed E-state index contributed by atoms with van der Waals surface area (Å²) in [5.41, 5.74) is 1.57. The van der Waals surface area contributed by atoms with Crippen molar-refractivity contribution in [1.82, 2.24) is 4.31 Å². The third kappa shape index (κ3) is 5.54. The molecule has 0 radical (unpaired) electrons. The van der Waals surface area contributed by atoms with Crippen molar-refractivity contribution in [2.75, 3.05) is 49.6 Å². The fraction of sp³-hybridized carbons (Fsp3) is 0.333. The highest BCUT2D eigenvalue weighted by Crippen LogP contribution is 2.24. The molecule has 2 aromatic rings. The molecule has 1 amide bonds. The number of rotatable bonds is 7. The van der Waals surface area contributed by atoms with Gasteiger partial charge in [0.2, 0.25) is 15.9 Å². The van der Waals surface area contributed by atoms with Crippen LogP contribution in [0.1, 0.15) is 12.5 Å². The number of carbonyl (C=O) groups excluding carboxylic acids is 1. The maximum atomic E-state index is 13.0. The van der Waals surface area contributed by atoms with Gasteiger partial charge in [-0.3, -0.25) is 4.79 Å². The lowest BCUT2D eigenvalue weighted by molar-refractivity contribution is -0.116. The molecule has 1 aliphatic rings. The van der Waals surface area contributed by atoms with Crippen molar-refractivity contribution < 1.29 is 17.9 Å². The monoisotopic (exact) mass is 462 g/mol. The number of nitriles is 1. The number of anilines is 2. The Bertz CT molecular complexity index is 1080. The van der Waals surface area contributed by atoms with Crippen molar-refractivity contribution in [3.8, 4) is 6.07 Å². The normalized spacial score (nSPS) is 14.3. The first kappa shape index (κ1) is 23.0. The Balaban J connectivity index is 1.70. The van der Waals surface area contributed by atoms with Crippen LogP contribution in [0.5, 0.6) is 0 Å². The molecule has 1 heterocycles. The number of sulfonamides is 1. The summed E-state index contributed by atoms with van der Waals surface area (Å²) in [6.07, 6.45) is 0. The second-order valence-electron chi connectivity index (χ2n) is 6.88. The molecule has 10 heteroatoms. The van der Waals surface area contributed by atoms with E-state index in [1.807, 2.05) is 18.2 Å². The lowest BCUT2D eigenvalue weighted by Crippen LogP contribution is -2.38. The molecule has 1 saturated heterocycles. The minimum Gasteiger partial charge on any atom is -0.378 e. The number of halogens is 1. The first-order valence-electron chi connectivity index (χ1n) is 9.77. The molecule has 3 rings (SSSR count). The van der Waals surface area contributed by atoms with E-state index in [2.05, 4.69) is 10.2 Å². The van der Waals surface area contributed by atoms with Crippen molar-refractivity contribution in [2.45, 2.75) is 11.8 Å². The zero-order chi connectivity index (χ0) is 22.4. The van der Waals surface area contributed by atoms with E-state index in [0.717, 1.165) is 23.1 Å². The lowest BCUT2D eigenvalue weighted by atomic mass is 10.2. The summed E-state index contributed by atoms with van der Waals surface area (Å²) in [7, 11) is -4.08. The van der Waals surface area contributed by atoms with E-state index < -0.39 is 15.9 Å². The van der Waals surface area contributed by atoms with Crippen LogP contribution in [0.25, 0.3) is 0 Å². The van der Waals surface area contributed by atoms with E-state index in [9.17, 15) is 18.5 Å². The Kier molecular flexibility index (Phi) is 7.51. The Hall–Kier alpha value is -2.64. The highest BCUT2D eigenvalue weighted by molar-refractivity contribution is 7.89. The minimum atomic E-state index is -4.08. The van der Waals surface area contributed by atoms with Gasteiger partial charge in [0, 0.05) is 36.0 Å². The van der Waals surface area contributed by atoms with Crippen LogP contribution in [0.4, 0.5) is 11.4 Å². The molecule has 1 aliphatic heterocycles. The second kappa shape index (κ2) is 10.1. The number of nitrogens with zero attached hydrogens (tertiary/aromatic N) is 3. The van der Waals surface area contributed by atoms with Crippen LogP contribution in [-0.2, 0) is 19.6 Å². The molecule has 0 saturated carbocycles. The Morgan fingerprint density at radius 3 is 2.52 bits per heavy atom. The number of nitrogens with one attached hydrogen (secondary N) is 1. The van der Waals surface area contributed by atoms with Gasteiger partial charge in [0.25, 0.3) is 0 Å². The van der Waals surface area contributed by atoms with Gasteiger partial charge < -0.3 is 15.0 Å². The molecule has 0 spiro atoms. The quantitative estimate of drug-likeness (QED) is 0.678. The van der Waals surface area contributed by atoms with Crippen LogP contribution in [-0.4, -0.2) is 58.0 Å². The molecule has 164 valence electrons. The first-order valence-corrected chi connectivity index (χ1v) is 11.6. The smallest absolute Gasteiger partial charge is 0.244 e.